The molecule has 2 aromatic carbocycles. The molecule has 0 saturated heterocycles. The van der Waals surface area contributed by atoms with Crippen molar-refractivity contribution in [3.05, 3.63) is 70.4 Å². The quantitative estimate of drug-likeness (QED) is 0.0556. The van der Waals surface area contributed by atoms with Crippen LogP contribution >= 0.6 is 0 Å². The van der Waals surface area contributed by atoms with Crippen molar-refractivity contribution in [3.8, 4) is 0 Å². The van der Waals surface area contributed by atoms with Crippen LogP contribution in [0.1, 0.15) is 116 Å². The van der Waals surface area contributed by atoms with Gasteiger partial charge in [-0.2, -0.15) is 0 Å². The predicted octanol–water partition coefficient (Wildman–Crippen LogP) is 4.95. The lowest BCUT2D eigenvalue weighted by Gasteiger charge is -2.33. The number of benzene rings is 2. The summed E-state index contributed by atoms with van der Waals surface area (Å²) < 4.78 is 0. The Kier molecular flexibility index (Phi) is 16.7. The van der Waals surface area contributed by atoms with E-state index >= 15 is 0 Å². The first-order valence-corrected chi connectivity index (χ1v) is 19.1. The Morgan fingerprint density at radius 3 is 2.06 bits per heavy atom. The molecule has 300 valence electrons. The number of guanidine groups is 1. The van der Waals surface area contributed by atoms with Gasteiger partial charge in [-0.25, -0.2) is 0 Å². The monoisotopic (exact) mass is 747 g/mol. The second-order valence-corrected chi connectivity index (χ2v) is 17.4. The van der Waals surface area contributed by atoms with Crippen molar-refractivity contribution in [2.24, 2.45) is 33.3 Å². The molecule has 13 N–H and O–H groups in total. The van der Waals surface area contributed by atoms with Crippen LogP contribution in [0.2, 0.25) is 0 Å². The molecule has 2 amide bonds. The molecule has 54 heavy (non-hydrogen) atoms. The minimum Gasteiger partial charge on any atom is -0.390 e. The lowest BCUT2D eigenvalue weighted by atomic mass is 9.77. The number of amides is 2. The molecule has 12 nitrogen and oxygen atoms in total. The van der Waals surface area contributed by atoms with Gasteiger partial charge in [0.05, 0.1) is 17.8 Å². The van der Waals surface area contributed by atoms with Crippen LogP contribution in [0.15, 0.2) is 47.5 Å². The van der Waals surface area contributed by atoms with Crippen LogP contribution in [0.5, 0.6) is 0 Å². The normalized spacial score (nSPS) is 13.6. The molecule has 0 aliphatic heterocycles. The van der Waals surface area contributed by atoms with Gasteiger partial charge in [-0.1, -0.05) is 98.7 Å². The SMILES string of the molecule is CNCCCC(CCCN=C(N)N)(CNC(=O)[C@@H](N)Cc1c(C(C)(C)C)[nH]c2cc(C(C)(C)C)cc(C(C)(C)C)c12)C(=O)NCc1ccccc1.N=CN. The fourth-order valence-electron chi connectivity index (χ4n) is 6.77. The average Bonchev–Trinajstić information content (AvgIpc) is 3.46. The van der Waals surface area contributed by atoms with Crippen molar-refractivity contribution >= 4 is 35.0 Å². The standard InChI is InChI=1S/C41H66N8O2.CH4N2/c1-38(2,3)28-22-30(39(4,5)6)33-29(34(40(7,8)9)49-32(33)23-28)24-31(42)35(50)48-26-41(18-14-20-45-10,19-15-21-46-37(43)44)36(51)47-25-27-16-12-11-13-17-27;2-1-3/h11-13,16-17,22-23,31,45,49H,14-15,18-21,24-26,42H2,1-10H3,(H,47,51)(H,48,50)(H4,43,44,46);1H,(H3,2,3)/t31-,41?;/m0./s1. The summed E-state index contributed by atoms with van der Waals surface area (Å²) in [6, 6.07) is 13.6. The molecule has 2 atom stereocenters. The maximum Gasteiger partial charge on any atom is 0.237 e. The third-order valence-corrected chi connectivity index (χ3v) is 9.75. The van der Waals surface area contributed by atoms with Crippen molar-refractivity contribution in [2.75, 3.05) is 26.7 Å². The first kappa shape index (κ1) is 45.7. The summed E-state index contributed by atoms with van der Waals surface area (Å²) in [6.07, 6.45) is 3.48. The Morgan fingerprint density at radius 2 is 1.52 bits per heavy atom. The van der Waals surface area contributed by atoms with Gasteiger partial charge in [-0.3, -0.25) is 20.0 Å². The smallest absolute Gasteiger partial charge is 0.237 e. The lowest BCUT2D eigenvalue weighted by molar-refractivity contribution is -0.133. The van der Waals surface area contributed by atoms with E-state index in [1.807, 2.05) is 37.4 Å². The number of nitrogens with two attached hydrogens (primary N) is 4. The van der Waals surface area contributed by atoms with Crippen molar-refractivity contribution in [1.29, 1.82) is 5.41 Å². The van der Waals surface area contributed by atoms with E-state index in [0.29, 0.717) is 38.8 Å². The van der Waals surface area contributed by atoms with Crippen molar-refractivity contribution in [1.82, 2.24) is 20.9 Å². The third kappa shape index (κ3) is 13.2. The molecule has 0 bridgehead atoms. The number of nitrogens with zero attached hydrogens (tertiary/aromatic N) is 1. The van der Waals surface area contributed by atoms with Crippen molar-refractivity contribution in [2.45, 2.75) is 123 Å². The zero-order chi connectivity index (χ0) is 40.9. The largest absolute Gasteiger partial charge is 0.390 e. The number of carbonyl (C=O) groups excluding carboxylic acids is 2. The van der Waals surface area contributed by atoms with Gasteiger partial charge in [-0.05, 0) is 84.8 Å². The molecule has 1 aromatic heterocycles. The fraction of sp³-hybridized carbons (Fsp3) is 0.571. The number of hydrogen-bond donors (Lipinski definition) is 9. The molecule has 1 unspecified atom stereocenters. The maximum absolute atomic E-state index is 14.1. The first-order chi connectivity index (χ1) is 25.1. The molecule has 3 aromatic rings. The highest BCUT2D eigenvalue weighted by molar-refractivity contribution is 5.92. The molecule has 0 saturated carbocycles. The molecule has 0 aliphatic rings. The molecule has 1 heterocycles. The van der Waals surface area contributed by atoms with Crippen molar-refractivity contribution < 1.29 is 9.59 Å². The van der Waals surface area contributed by atoms with Gasteiger partial charge in [0.25, 0.3) is 0 Å². The third-order valence-electron chi connectivity index (χ3n) is 9.75. The minimum atomic E-state index is -0.889. The maximum atomic E-state index is 14.1. The van der Waals surface area contributed by atoms with E-state index in [0.717, 1.165) is 47.0 Å². The topological polar surface area (TPSA) is 226 Å². The van der Waals surface area contributed by atoms with E-state index in [2.05, 4.69) is 106 Å². The van der Waals surface area contributed by atoms with E-state index in [4.69, 9.17) is 22.6 Å². The van der Waals surface area contributed by atoms with Crippen LogP contribution in [0.4, 0.5) is 0 Å². The summed E-state index contributed by atoms with van der Waals surface area (Å²) in [7, 11) is 1.89. The number of aliphatic imine (C=N–C) groups is 1. The summed E-state index contributed by atoms with van der Waals surface area (Å²) in [4.78, 5) is 36.0. The Labute approximate surface area is 324 Å². The highest BCUT2D eigenvalue weighted by atomic mass is 16.2. The van der Waals surface area contributed by atoms with Gasteiger partial charge in [0.1, 0.15) is 0 Å². The fourth-order valence-corrected chi connectivity index (χ4v) is 6.77. The van der Waals surface area contributed by atoms with Gasteiger partial charge in [-0.15, -0.1) is 0 Å². The summed E-state index contributed by atoms with van der Waals surface area (Å²) in [6.45, 7) is 21.6. The number of hydrogen-bond acceptors (Lipinski definition) is 6. The van der Waals surface area contributed by atoms with E-state index in [9.17, 15) is 9.59 Å². The average molecular weight is 747 g/mol. The molecule has 0 spiro atoms. The highest BCUT2D eigenvalue weighted by Crippen LogP contribution is 2.41. The second kappa shape index (κ2) is 19.8. The second-order valence-electron chi connectivity index (χ2n) is 17.4. The number of aromatic nitrogens is 1. The van der Waals surface area contributed by atoms with Crippen LogP contribution in [-0.2, 0) is 38.8 Å². The molecule has 0 radical (unpaired) electrons. The van der Waals surface area contributed by atoms with Crippen LogP contribution in [-0.4, -0.2) is 61.8 Å². The van der Waals surface area contributed by atoms with Crippen LogP contribution in [0.25, 0.3) is 10.9 Å². The molecule has 3 rings (SSSR count). The van der Waals surface area contributed by atoms with E-state index in [-0.39, 0.29) is 40.6 Å². The van der Waals surface area contributed by atoms with E-state index < -0.39 is 11.5 Å². The molecular formula is C42H70N10O2. The Bertz CT molecular complexity index is 1690. The van der Waals surface area contributed by atoms with E-state index in [1.165, 1.54) is 11.1 Å². The molecule has 0 fully saturated rings. The summed E-state index contributed by atoms with van der Waals surface area (Å²) in [5.74, 6) is -0.386. The number of nitrogens with one attached hydrogen (secondary N) is 5. The van der Waals surface area contributed by atoms with Gasteiger partial charge in [0.2, 0.25) is 11.8 Å². The number of carbonyl (C=O) groups is 2. The van der Waals surface area contributed by atoms with Gasteiger partial charge >= 0.3 is 0 Å². The predicted molar refractivity (Wildman–Crippen MR) is 226 cm³/mol. The first-order valence-electron chi connectivity index (χ1n) is 19.1. The molecular weight excluding hydrogens is 677 g/mol. The number of H-pyrrole nitrogens is 1. The minimum absolute atomic E-state index is 0.0137. The molecule has 12 heteroatoms. The highest BCUT2D eigenvalue weighted by Gasteiger charge is 2.38. The lowest BCUT2D eigenvalue weighted by Crippen LogP contribution is -2.52. The molecule has 0 aliphatic carbocycles. The Balaban J connectivity index is 0.00000325. The zero-order valence-corrected chi connectivity index (χ0v) is 34.6. The van der Waals surface area contributed by atoms with Crippen LogP contribution in [0.3, 0.4) is 0 Å². The Morgan fingerprint density at radius 1 is 0.907 bits per heavy atom. The number of aromatic amines is 1. The van der Waals surface area contributed by atoms with Crippen LogP contribution < -0.4 is 38.9 Å². The summed E-state index contributed by atoms with van der Waals surface area (Å²) >= 11 is 0. The van der Waals surface area contributed by atoms with Gasteiger partial charge in [0.15, 0.2) is 5.96 Å². The van der Waals surface area contributed by atoms with Crippen molar-refractivity contribution in [3.63, 3.8) is 0 Å². The summed E-state index contributed by atoms with van der Waals surface area (Å²) in [5, 5.41) is 16.5. The van der Waals surface area contributed by atoms with Crippen LogP contribution in [0, 0.1) is 10.8 Å². The Hall–Kier alpha value is -4.42. The summed E-state index contributed by atoms with van der Waals surface area (Å²) in [5.41, 5.74) is 27.8. The number of fused-ring (bicyclic) bond motifs is 1. The zero-order valence-electron chi connectivity index (χ0n) is 34.6. The van der Waals surface area contributed by atoms with E-state index in [1.54, 1.807) is 0 Å². The number of rotatable bonds is 16. The van der Waals surface area contributed by atoms with Gasteiger partial charge < -0.3 is 43.9 Å². The van der Waals surface area contributed by atoms with Gasteiger partial charge in [0, 0.05) is 41.6 Å².